The van der Waals surface area contributed by atoms with Crippen molar-refractivity contribution in [3.63, 3.8) is 0 Å². The largest absolute Gasteiger partial charge is 0.491 e. The van der Waals surface area contributed by atoms with E-state index in [9.17, 15) is 9.90 Å². The number of carbonyl (C=O) groups excluding carboxylic acids is 1. The predicted molar refractivity (Wildman–Crippen MR) is 72.8 cm³/mol. The highest BCUT2D eigenvalue weighted by Crippen LogP contribution is 2.29. The summed E-state index contributed by atoms with van der Waals surface area (Å²) in [4.78, 5) is 12.1. The lowest BCUT2D eigenvalue weighted by atomic mass is 9.89. The molecule has 1 aliphatic rings. The second-order valence-corrected chi connectivity index (χ2v) is 5.37. The third-order valence-corrected chi connectivity index (χ3v) is 3.78. The number of rotatable bonds is 3. The van der Waals surface area contributed by atoms with E-state index in [4.69, 9.17) is 4.74 Å². The van der Waals surface area contributed by atoms with Gasteiger partial charge in [0, 0.05) is 11.8 Å². The minimum absolute atomic E-state index is 0.204. The number of ether oxygens (including phenoxy) is 1. The summed E-state index contributed by atoms with van der Waals surface area (Å²) < 4.78 is 9.30. The molecule has 1 aromatic heterocycles. The molecular weight excluding hydrogens is 278 g/mol. The number of nitrogens with one attached hydrogen (secondary N) is 1. The fourth-order valence-electron chi connectivity index (χ4n) is 2.21. The average Bonchev–Trinajstić information content (AvgIpc) is 3.01. The molecule has 2 N–H and O–H groups in total. The molecule has 1 unspecified atom stereocenters. The van der Waals surface area contributed by atoms with Gasteiger partial charge in [-0.25, -0.2) is 0 Å². The molecule has 2 heterocycles. The number of para-hydroxylation sites is 1. The van der Waals surface area contributed by atoms with Crippen LogP contribution in [0.4, 0.5) is 0 Å². The van der Waals surface area contributed by atoms with Gasteiger partial charge in [0.05, 0.1) is 6.61 Å². The average molecular weight is 291 g/mol. The van der Waals surface area contributed by atoms with Crippen LogP contribution in [-0.2, 0) is 6.42 Å². The Labute approximate surface area is 119 Å². The van der Waals surface area contributed by atoms with Crippen LogP contribution in [0.1, 0.15) is 16.1 Å². The molecule has 7 heteroatoms. The Balaban J connectivity index is 1.81. The van der Waals surface area contributed by atoms with Gasteiger partial charge < -0.3 is 15.2 Å². The van der Waals surface area contributed by atoms with Crippen LogP contribution in [-0.4, -0.2) is 39.4 Å². The van der Waals surface area contributed by atoms with Crippen molar-refractivity contribution in [2.45, 2.75) is 12.0 Å². The van der Waals surface area contributed by atoms with Crippen molar-refractivity contribution >= 4 is 17.4 Å². The first-order valence-corrected chi connectivity index (χ1v) is 6.97. The number of amides is 1. The van der Waals surface area contributed by atoms with E-state index in [1.165, 1.54) is 0 Å². The van der Waals surface area contributed by atoms with Gasteiger partial charge in [-0.2, -0.15) is 0 Å². The summed E-state index contributed by atoms with van der Waals surface area (Å²) in [7, 11) is 0. The Kier molecular flexibility index (Phi) is 3.37. The Morgan fingerprint density at radius 2 is 2.35 bits per heavy atom. The smallest absolute Gasteiger partial charge is 0.273 e. The van der Waals surface area contributed by atoms with E-state index < -0.39 is 5.54 Å². The zero-order valence-electron chi connectivity index (χ0n) is 10.6. The van der Waals surface area contributed by atoms with Crippen LogP contribution in [0, 0.1) is 0 Å². The molecule has 3 rings (SSSR count). The van der Waals surface area contributed by atoms with Crippen molar-refractivity contribution in [1.29, 1.82) is 0 Å². The highest BCUT2D eigenvalue weighted by molar-refractivity contribution is 7.03. The number of fused-ring (bicyclic) bond motifs is 1. The lowest BCUT2D eigenvalue weighted by molar-refractivity contribution is 0.0649. The molecule has 1 amide bonds. The minimum atomic E-state index is -0.824. The first-order valence-electron chi connectivity index (χ1n) is 6.14. The molecule has 1 aromatic carbocycles. The summed E-state index contributed by atoms with van der Waals surface area (Å²) in [5.41, 5.74) is 0.390. The van der Waals surface area contributed by atoms with Crippen LogP contribution < -0.4 is 10.1 Å². The van der Waals surface area contributed by atoms with Crippen molar-refractivity contribution in [2.75, 3.05) is 13.2 Å². The Morgan fingerprint density at radius 1 is 1.50 bits per heavy atom. The van der Waals surface area contributed by atoms with Crippen molar-refractivity contribution in [3.8, 4) is 5.75 Å². The van der Waals surface area contributed by atoms with E-state index in [2.05, 4.69) is 14.9 Å². The molecule has 1 atom stereocenters. The molecule has 1 aliphatic heterocycles. The lowest BCUT2D eigenvalue weighted by Gasteiger charge is -2.37. The number of hydrogen-bond acceptors (Lipinski definition) is 6. The van der Waals surface area contributed by atoms with Crippen LogP contribution in [0.5, 0.6) is 5.75 Å². The Bertz CT molecular complexity index is 617. The number of aliphatic hydroxyl groups is 1. The maximum Gasteiger partial charge on any atom is 0.273 e. The van der Waals surface area contributed by atoms with E-state index >= 15 is 0 Å². The first kappa shape index (κ1) is 13.0. The van der Waals surface area contributed by atoms with E-state index in [1.807, 2.05) is 24.3 Å². The molecule has 20 heavy (non-hydrogen) atoms. The van der Waals surface area contributed by atoms with E-state index in [1.54, 1.807) is 5.38 Å². The van der Waals surface area contributed by atoms with Gasteiger partial charge >= 0.3 is 0 Å². The van der Waals surface area contributed by atoms with Crippen molar-refractivity contribution in [3.05, 3.63) is 40.9 Å². The Morgan fingerprint density at radius 3 is 3.10 bits per heavy atom. The maximum absolute atomic E-state index is 12.1. The molecule has 0 bridgehead atoms. The fourth-order valence-corrected chi connectivity index (χ4v) is 2.65. The summed E-state index contributed by atoms with van der Waals surface area (Å²) in [5, 5.41) is 17.8. The van der Waals surface area contributed by atoms with Crippen molar-refractivity contribution in [2.24, 2.45) is 0 Å². The summed E-state index contributed by atoms with van der Waals surface area (Å²) in [6, 6.07) is 7.60. The van der Waals surface area contributed by atoms with Gasteiger partial charge in [-0.3, -0.25) is 4.79 Å². The van der Waals surface area contributed by atoms with E-state index in [0.717, 1.165) is 22.8 Å². The van der Waals surface area contributed by atoms with Crippen LogP contribution in [0.15, 0.2) is 29.6 Å². The maximum atomic E-state index is 12.1. The first-order chi connectivity index (χ1) is 9.72. The highest BCUT2D eigenvalue weighted by atomic mass is 32.1. The molecular formula is C13H13N3O3S. The van der Waals surface area contributed by atoms with Gasteiger partial charge in [0.15, 0.2) is 5.69 Å². The quantitative estimate of drug-likeness (QED) is 0.866. The SMILES string of the molecule is O=C(NC1(CO)COc2ccccc2C1)c1csnn1. The number of aromatic nitrogens is 2. The van der Waals surface area contributed by atoms with Gasteiger partial charge in [0.2, 0.25) is 0 Å². The minimum Gasteiger partial charge on any atom is -0.491 e. The Hall–Kier alpha value is -1.99. The van der Waals surface area contributed by atoms with Gasteiger partial charge in [0.25, 0.3) is 5.91 Å². The van der Waals surface area contributed by atoms with Crippen LogP contribution in [0.3, 0.4) is 0 Å². The molecule has 0 fully saturated rings. The third kappa shape index (κ3) is 2.37. The number of hydrogen-bond donors (Lipinski definition) is 2. The van der Waals surface area contributed by atoms with Crippen molar-refractivity contribution in [1.82, 2.24) is 14.9 Å². The van der Waals surface area contributed by atoms with Gasteiger partial charge in [-0.05, 0) is 23.2 Å². The standard InChI is InChI=1S/C13H13N3O3S/c17-7-13(14-12(18)10-6-20-16-15-10)5-9-3-1-2-4-11(9)19-8-13/h1-4,6,17H,5,7-8H2,(H,14,18). The second-order valence-electron chi connectivity index (χ2n) is 4.76. The van der Waals surface area contributed by atoms with Crippen LogP contribution >= 0.6 is 11.5 Å². The van der Waals surface area contributed by atoms with E-state index in [-0.39, 0.29) is 24.8 Å². The number of aliphatic hydroxyl groups excluding tert-OH is 1. The van der Waals surface area contributed by atoms with Crippen LogP contribution in [0.25, 0.3) is 0 Å². The van der Waals surface area contributed by atoms with Gasteiger partial charge in [-0.15, -0.1) is 5.10 Å². The highest BCUT2D eigenvalue weighted by Gasteiger charge is 2.37. The normalized spacial score (nSPS) is 20.9. The third-order valence-electron chi connectivity index (χ3n) is 3.28. The number of benzene rings is 1. The van der Waals surface area contributed by atoms with Gasteiger partial charge in [0.1, 0.15) is 17.9 Å². The topological polar surface area (TPSA) is 84.3 Å². The van der Waals surface area contributed by atoms with E-state index in [0.29, 0.717) is 6.42 Å². The molecule has 104 valence electrons. The lowest BCUT2D eigenvalue weighted by Crippen LogP contribution is -2.58. The van der Waals surface area contributed by atoms with Crippen molar-refractivity contribution < 1.29 is 14.6 Å². The molecule has 2 aromatic rings. The zero-order chi connectivity index (χ0) is 14.0. The molecule has 6 nitrogen and oxygen atoms in total. The summed E-state index contributed by atoms with van der Waals surface area (Å²) in [5.74, 6) is 0.442. The molecule has 0 saturated carbocycles. The van der Waals surface area contributed by atoms with Gasteiger partial charge in [-0.1, -0.05) is 22.7 Å². The number of carbonyl (C=O) groups is 1. The van der Waals surface area contributed by atoms with Crippen LogP contribution in [0.2, 0.25) is 0 Å². The molecule has 0 spiro atoms. The summed E-state index contributed by atoms with van der Waals surface area (Å²) >= 11 is 1.11. The monoisotopic (exact) mass is 291 g/mol. The number of nitrogens with zero attached hydrogens (tertiary/aromatic N) is 2. The molecule has 0 radical (unpaired) electrons. The fraction of sp³-hybridized carbons (Fsp3) is 0.308. The summed E-state index contributed by atoms with van der Waals surface area (Å²) in [6.07, 6.45) is 0.517. The molecule has 0 aliphatic carbocycles. The molecule has 0 saturated heterocycles. The summed E-state index contributed by atoms with van der Waals surface area (Å²) in [6.45, 7) is 0.0223. The second kappa shape index (κ2) is 5.18. The predicted octanol–water partition coefficient (Wildman–Crippen LogP) is 0.634. The zero-order valence-corrected chi connectivity index (χ0v) is 11.4.